The normalized spacial score (nSPS) is 25.6. The van der Waals surface area contributed by atoms with Crippen molar-refractivity contribution < 1.29 is 14.7 Å². The van der Waals surface area contributed by atoms with Gasteiger partial charge < -0.3 is 10.4 Å². The molecule has 0 bridgehead atoms. The molecule has 0 saturated heterocycles. The first-order chi connectivity index (χ1) is 11.1. The van der Waals surface area contributed by atoms with E-state index in [1.54, 1.807) is 0 Å². The standard InChI is InChI=1S/C19H25NO3/c21-17(15-7-8-16(11-15)18(22)23)20-13-19(9-4-10-19)12-14-5-2-1-3-6-14/h1-3,5-6,15-16H,4,7-13H2,(H,20,21)(H,22,23)/t15-,16+/m0/s1. The van der Waals surface area contributed by atoms with Gasteiger partial charge in [-0.05, 0) is 49.5 Å². The summed E-state index contributed by atoms with van der Waals surface area (Å²) in [6, 6.07) is 10.4. The summed E-state index contributed by atoms with van der Waals surface area (Å²) < 4.78 is 0. The first-order valence-electron chi connectivity index (χ1n) is 8.62. The number of carbonyl (C=O) groups excluding carboxylic acids is 1. The highest BCUT2D eigenvalue weighted by Gasteiger charge is 2.39. The highest BCUT2D eigenvalue weighted by atomic mass is 16.4. The van der Waals surface area contributed by atoms with Crippen LogP contribution in [0.25, 0.3) is 0 Å². The number of aliphatic carboxylic acids is 1. The third kappa shape index (κ3) is 3.74. The molecule has 2 saturated carbocycles. The monoisotopic (exact) mass is 315 g/mol. The molecule has 23 heavy (non-hydrogen) atoms. The maximum Gasteiger partial charge on any atom is 0.306 e. The molecule has 0 radical (unpaired) electrons. The Hall–Kier alpha value is -1.84. The van der Waals surface area contributed by atoms with E-state index >= 15 is 0 Å². The quantitative estimate of drug-likeness (QED) is 0.848. The van der Waals surface area contributed by atoms with Gasteiger partial charge in [0.25, 0.3) is 0 Å². The van der Waals surface area contributed by atoms with Crippen LogP contribution in [0.1, 0.15) is 44.1 Å². The Labute approximate surface area is 137 Å². The fourth-order valence-electron chi connectivity index (χ4n) is 3.98. The van der Waals surface area contributed by atoms with Gasteiger partial charge in [-0.1, -0.05) is 36.8 Å². The van der Waals surface area contributed by atoms with Crippen molar-refractivity contribution in [2.24, 2.45) is 17.3 Å². The van der Waals surface area contributed by atoms with Crippen LogP contribution in [0.4, 0.5) is 0 Å². The highest BCUT2D eigenvalue weighted by molar-refractivity contribution is 5.80. The van der Waals surface area contributed by atoms with Gasteiger partial charge in [-0.15, -0.1) is 0 Å². The number of amides is 1. The van der Waals surface area contributed by atoms with Crippen molar-refractivity contribution in [3.63, 3.8) is 0 Å². The van der Waals surface area contributed by atoms with Gasteiger partial charge in [-0.3, -0.25) is 9.59 Å². The van der Waals surface area contributed by atoms with E-state index in [0.29, 0.717) is 19.3 Å². The average Bonchev–Trinajstić information content (AvgIpc) is 3.01. The van der Waals surface area contributed by atoms with Crippen LogP contribution in [-0.2, 0) is 16.0 Å². The van der Waals surface area contributed by atoms with Crippen molar-refractivity contribution in [2.45, 2.75) is 44.9 Å². The van der Waals surface area contributed by atoms with Crippen molar-refractivity contribution in [3.8, 4) is 0 Å². The van der Waals surface area contributed by atoms with Gasteiger partial charge >= 0.3 is 5.97 Å². The summed E-state index contributed by atoms with van der Waals surface area (Å²) >= 11 is 0. The van der Waals surface area contributed by atoms with Crippen molar-refractivity contribution in [1.82, 2.24) is 5.32 Å². The molecule has 2 aliphatic carbocycles. The smallest absolute Gasteiger partial charge is 0.306 e. The molecule has 1 aromatic carbocycles. The van der Waals surface area contributed by atoms with E-state index in [9.17, 15) is 9.59 Å². The Morgan fingerprint density at radius 2 is 1.83 bits per heavy atom. The fraction of sp³-hybridized carbons (Fsp3) is 0.579. The minimum absolute atomic E-state index is 0.0492. The van der Waals surface area contributed by atoms with Crippen LogP contribution >= 0.6 is 0 Å². The van der Waals surface area contributed by atoms with Crippen molar-refractivity contribution in [1.29, 1.82) is 0 Å². The number of benzene rings is 1. The van der Waals surface area contributed by atoms with Crippen LogP contribution in [0.5, 0.6) is 0 Å². The van der Waals surface area contributed by atoms with Gasteiger partial charge in [-0.25, -0.2) is 0 Å². The molecule has 2 fully saturated rings. The minimum Gasteiger partial charge on any atom is -0.481 e. The summed E-state index contributed by atoms with van der Waals surface area (Å²) in [6.45, 7) is 0.717. The zero-order chi connectivity index (χ0) is 16.3. The molecule has 0 unspecified atom stereocenters. The Kier molecular flexibility index (Phi) is 4.69. The number of carboxylic acids is 1. The van der Waals surface area contributed by atoms with Gasteiger partial charge in [-0.2, -0.15) is 0 Å². The molecule has 0 heterocycles. The number of carboxylic acid groups (broad SMARTS) is 1. The van der Waals surface area contributed by atoms with Gasteiger partial charge in [0.15, 0.2) is 0 Å². The summed E-state index contributed by atoms with van der Waals surface area (Å²) in [4.78, 5) is 23.4. The van der Waals surface area contributed by atoms with Crippen LogP contribution in [0.15, 0.2) is 30.3 Å². The van der Waals surface area contributed by atoms with Crippen molar-refractivity contribution in [3.05, 3.63) is 35.9 Å². The predicted octanol–water partition coefficient (Wildman–Crippen LogP) is 3.02. The summed E-state index contributed by atoms with van der Waals surface area (Å²) in [5, 5.41) is 12.2. The Morgan fingerprint density at radius 3 is 2.39 bits per heavy atom. The molecule has 3 rings (SSSR count). The van der Waals surface area contributed by atoms with Crippen LogP contribution in [0.2, 0.25) is 0 Å². The van der Waals surface area contributed by atoms with Crippen molar-refractivity contribution >= 4 is 11.9 Å². The highest BCUT2D eigenvalue weighted by Crippen LogP contribution is 2.43. The Balaban J connectivity index is 1.52. The SMILES string of the molecule is O=C(O)[C@@H]1CC[C@H](C(=O)NCC2(Cc3ccccc3)CCC2)C1. The summed E-state index contributed by atoms with van der Waals surface area (Å²) in [5.41, 5.74) is 1.52. The van der Waals surface area contributed by atoms with E-state index in [4.69, 9.17) is 5.11 Å². The van der Waals surface area contributed by atoms with Crippen LogP contribution in [0, 0.1) is 17.3 Å². The molecule has 0 aromatic heterocycles. The Morgan fingerprint density at radius 1 is 1.13 bits per heavy atom. The number of rotatable bonds is 6. The molecular weight excluding hydrogens is 290 g/mol. The molecule has 4 heteroatoms. The largest absolute Gasteiger partial charge is 0.481 e. The molecule has 4 nitrogen and oxygen atoms in total. The average molecular weight is 315 g/mol. The maximum absolute atomic E-state index is 12.3. The zero-order valence-corrected chi connectivity index (χ0v) is 13.5. The first kappa shape index (κ1) is 16.0. The van der Waals surface area contributed by atoms with Gasteiger partial charge in [0.2, 0.25) is 5.91 Å². The molecule has 0 spiro atoms. The fourth-order valence-corrected chi connectivity index (χ4v) is 3.98. The lowest BCUT2D eigenvalue weighted by molar-refractivity contribution is -0.141. The zero-order valence-electron chi connectivity index (χ0n) is 13.5. The van der Waals surface area contributed by atoms with Crippen LogP contribution in [0.3, 0.4) is 0 Å². The molecule has 124 valence electrons. The molecular formula is C19H25NO3. The second kappa shape index (κ2) is 6.73. The summed E-state index contributed by atoms with van der Waals surface area (Å²) in [7, 11) is 0. The van der Waals surface area contributed by atoms with Crippen LogP contribution < -0.4 is 5.32 Å². The third-order valence-corrected chi connectivity index (χ3v) is 5.63. The van der Waals surface area contributed by atoms with Crippen molar-refractivity contribution in [2.75, 3.05) is 6.54 Å². The lowest BCUT2D eigenvalue weighted by Gasteiger charge is -2.42. The number of nitrogens with one attached hydrogen (secondary N) is 1. The summed E-state index contributed by atoms with van der Waals surface area (Å²) in [6.07, 6.45) is 6.38. The van der Waals surface area contributed by atoms with Crippen LogP contribution in [-0.4, -0.2) is 23.5 Å². The number of carbonyl (C=O) groups is 2. The van der Waals surface area contributed by atoms with E-state index in [1.165, 1.54) is 12.0 Å². The predicted molar refractivity (Wildman–Crippen MR) is 87.9 cm³/mol. The molecule has 2 N–H and O–H groups in total. The second-order valence-corrected chi connectivity index (χ2v) is 7.28. The van der Waals surface area contributed by atoms with Gasteiger partial charge in [0, 0.05) is 12.5 Å². The number of hydrogen-bond acceptors (Lipinski definition) is 2. The molecule has 2 aliphatic rings. The topological polar surface area (TPSA) is 66.4 Å². The summed E-state index contributed by atoms with van der Waals surface area (Å²) in [5.74, 6) is -1.18. The second-order valence-electron chi connectivity index (χ2n) is 7.28. The molecule has 0 aliphatic heterocycles. The lowest BCUT2D eigenvalue weighted by atomic mass is 9.65. The molecule has 1 amide bonds. The Bertz CT molecular complexity index is 565. The van der Waals surface area contributed by atoms with E-state index in [2.05, 4.69) is 29.6 Å². The van der Waals surface area contributed by atoms with E-state index < -0.39 is 5.97 Å². The third-order valence-electron chi connectivity index (χ3n) is 5.63. The van der Waals surface area contributed by atoms with Gasteiger partial charge in [0.1, 0.15) is 0 Å². The number of hydrogen-bond donors (Lipinski definition) is 2. The lowest BCUT2D eigenvalue weighted by Crippen LogP contribution is -2.45. The van der Waals surface area contributed by atoms with E-state index in [-0.39, 0.29) is 23.2 Å². The molecule has 1 aromatic rings. The minimum atomic E-state index is -0.764. The van der Waals surface area contributed by atoms with E-state index in [1.807, 2.05) is 6.07 Å². The maximum atomic E-state index is 12.3. The molecule has 2 atom stereocenters. The first-order valence-corrected chi connectivity index (χ1v) is 8.62. The van der Waals surface area contributed by atoms with E-state index in [0.717, 1.165) is 25.8 Å². The van der Waals surface area contributed by atoms with Gasteiger partial charge in [0.05, 0.1) is 5.92 Å².